The van der Waals surface area contributed by atoms with Crippen LogP contribution < -0.4 is 9.46 Å². The summed E-state index contributed by atoms with van der Waals surface area (Å²) in [6.45, 7) is 3.19. The Bertz CT molecular complexity index is 1120. The first kappa shape index (κ1) is 20.2. The number of methoxy groups -OCH3 is 1. The SMILES string of the molecule is COc1cccc(NS(=O)(=O)c2c(C)sc(C)c2-c2cc(C(F)(F)F)on2)c1. The molecule has 0 fully saturated rings. The molecule has 28 heavy (non-hydrogen) atoms. The highest BCUT2D eigenvalue weighted by atomic mass is 32.2. The molecule has 3 rings (SSSR count). The molecule has 0 radical (unpaired) electrons. The van der Waals surface area contributed by atoms with E-state index < -0.39 is 22.0 Å². The van der Waals surface area contributed by atoms with Crippen LogP contribution in [0.4, 0.5) is 18.9 Å². The molecule has 0 unspecified atom stereocenters. The number of halogens is 3. The Morgan fingerprint density at radius 2 is 1.89 bits per heavy atom. The minimum Gasteiger partial charge on any atom is -0.497 e. The second-order valence-electron chi connectivity index (χ2n) is 5.83. The summed E-state index contributed by atoms with van der Waals surface area (Å²) in [6.07, 6.45) is -4.72. The molecule has 6 nitrogen and oxygen atoms in total. The van der Waals surface area contributed by atoms with Gasteiger partial charge in [0.2, 0.25) is 5.76 Å². The first-order valence-corrected chi connectivity index (χ1v) is 10.1. The lowest BCUT2D eigenvalue weighted by molar-refractivity contribution is -0.155. The van der Waals surface area contributed by atoms with E-state index in [0.29, 0.717) is 21.6 Å². The van der Waals surface area contributed by atoms with Crippen LogP contribution in [0.5, 0.6) is 5.75 Å². The Labute approximate surface area is 163 Å². The number of sulfonamides is 1. The smallest absolute Gasteiger partial charge is 0.452 e. The fraction of sp³-hybridized carbons (Fsp3) is 0.235. The Balaban J connectivity index is 2.08. The molecule has 1 aromatic carbocycles. The largest absolute Gasteiger partial charge is 0.497 e. The van der Waals surface area contributed by atoms with Crippen LogP contribution in [0.2, 0.25) is 0 Å². The maximum atomic E-state index is 13.0. The van der Waals surface area contributed by atoms with E-state index in [4.69, 9.17) is 4.74 Å². The van der Waals surface area contributed by atoms with Gasteiger partial charge in [0.15, 0.2) is 0 Å². The van der Waals surface area contributed by atoms with E-state index in [1.165, 1.54) is 19.2 Å². The van der Waals surface area contributed by atoms with E-state index in [2.05, 4.69) is 14.4 Å². The van der Waals surface area contributed by atoms with Crippen LogP contribution in [0, 0.1) is 13.8 Å². The van der Waals surface area contributed by atoms with Gasteiger partial charge in [-0.1, -0.05) is 11.2 Å². The molecular weight excluding hydrogens is 417 g/mol. The fourth-order valence-electron chi connectivity index (χ4n) is 2.70. The highest BCUT2D eigenvalue weighted by Crippen LogP contribution is 2.41. The van der Waals surface area contributed by atoms with Gasteiger partial charge in [0, 0.05) is 27.5 Å². The molecule has 2 heterocycles. The quantitative estimate of drug-likeness (QED) is 0.623. The molecule has 0 aliphatic carbocycles. The van der Waals surface area contributed by atoms with Gasteiger partial charge in [-0.15, -0.1) is 11.3 Å². The number of aryl methyl sites for hydroxylation is 2. The van der Waals surface area contributed by atoms with Gasteiger partial charge in [0.1, 0.15) is 16.3 Å². The summed E-state index contributed by atoms with van der Waals surface area (Å²) in [5, 5.41) is 3.44. The van der Waals surface area contributed by atoms with Gasteiger partial charge >= 0.3 is 6.18 Å². The summed E-state index contributed by atoms with van der Waals surface area (Å²) >= 11 is 1.15. The maximum absolute atomic E-state index is 13.0. The molecule has 0 aliphatic rings. The molecule has 0 atom stereocenters. The molecule has 0 spiro atoms. The van der Waals surface area contributed by atoms with E-state index in [1.807, 2.05) is 0 Å². The zero-order valence-electron chi connectivity index (χ0n) is 14.9. The van der Waals surface area contributed by atoms with Crippen LogP contribution in [0.1, 0.15) is 15.5 Å². The molecule has 0 bridgehead atoms. The van der Waals surface area contributed by atoms with E-state index in [-0.39, 0.29) is 21.8 Å². The predicted molar refractivity (Wildman–Crippen MR) is 98.1 cm³/mol. The van der Waals surface area contributed by atoms with Crippen molar-refractivity contribution in [2.24, 2.45) is 0 Å². The number of nitrogens with one attached hydrogen (secondary N) is 1. The zero-order chi connectivity index (χ0) is 20.7. The molecule has 0 aliphatic heterocycles. The molecule has 0 saturated carbocycles. The number of anilines is 1. The summed E-state index contributed by atoms with van der Waals surface area (Å²) in [4.78, 5) is 0.782. The third-order valence-electron chi connectivity index (χ3n) is 3.84. The van der Waals surface area contributed by atoms with Crippen LogP contribution in [-0.2, 0) is 16.2 Å². The minimum absolute atomic E-state index is 0.0807. The maximum Gasteiger partial charge on any atom is 0.452 e. The fourth-order valence-corrected chi connectivity index (χ4v) is 5.63. The molecule has 3 aromatic rings. The average Bonchev–Trinajstić information content (AvgIpc) is 3.18. The lowest BCUT2D eigenvalue weighted by Crippen LogP contribution is -2.14. The lowest BCUT2D eigenvalue weighted by Gasteiger charge is -2.11. The third-order valence-corrected chi connectivity index (χ3v) is 6.54. The standard InChI is InChI=1S/C17H15F3N2O4S2/c1-9-15(13-8-14(26-21-13)17(18,19)20)16(10(2)27-9)28(23,24)22-11-5-4-6-12(7-11)25-3/h4-8,22H,1-3H3. The number of benzene rings is 1. The van der Waals surface area contributed by atoms with Crippen LogP contribution in [0.3, 0.4) is 0 Å². The van der Waals surface area contributed by atoms with Gasteiger partial charge in [-0.3, -0.25) is 4.72 Å². The molecule has 150 valence electrons. The van der Waals surface area contributed by atoms with Gasteiger partial charge in [0.05, 0.1) is 12.8 Å². The van der Waals surface area contributed by atoms with Crippen molar-refractivity contribution in [1.82, 2.24) is 5.16 Å². The third kappa shape index (κ3) is 3.85. The normalized spacial score (nSPS) is 12.2. The molecule has 1 N–H and O–H groups in total. The number of thiophene rings is 1. The number of nitrogens with zero attached hydrogens (tertiary/aromatic N) is 1. The highest BCUT2D eigenvalue weighted by Gasteiger charge is 2.37. The number of hydrogen-bond donors (Lipinski definition) is 1. The first-order chi connectivity index (χ1) is 13.0. The predicted octanol–water partition coefficient (Wildman–Crippen LogP) is 4.85. The Morgan fingerprint density at radius 1 is 1.18 bits per heavy atom. The zero-order valence-corrected chi connectivity index (χ0v) is 16.6. The molecular formula is C17H15F3N2O4S2. The van der Waals surface area contributed by atoms with Crippen molar-refractivity contribution in [2.75, 3.05) is 11.8 Å². The number of hydrogen-bond acceptors (Lipinski definition) is 6. The Morgan fingerprint density at radius 3 is 2.50 bits per heavy atom. The Hall–Kier alpha value is -2.53. The van der Waals surface area contributed by atoms with Crippen molar-refractivity contribution in [3.63, 3.8) is 0 Å². The summed E-state index contributed by atoms with van der Waals surface area (Å²) in [5.41, 5.74) is 0.141. The molecule has 11 heteroatoms. The number of alkyl halides is 3. The minimum atomic E-state index is -4.72. The van der Waals surface area contributed by atoms with Crippen molar-refractivity contribution >= 4 is 27.0 Å². The number of aromatic nitrogens is 1. The number of ether oxygens (including phenoxy) is 1. The van der Waals surface area contributed by atoms with Crippen LogP contribution in [0.25, 0.3) is 11.3 Å². The van der Waals surface area contributed by atoms with Crippen molar-refractivity contribution in [2.45, 2.75) is 24.9 Å². The summed E-state index contributed by atoms with van der Waals surface area (Å²) in [6, 6.07) is 6.97. The lowest BCUT2D eigenvalue weighted by atomic mass is 10.1. The second-order valence-corrected chi connectivity index (χ2v) is 8.88. The summed E-state index contributed by atoms with van der Waals surface area (Å²) in [5.74, 6) is -0.847. The van der Waals surface area contributed by atoms with Crippen LogP contribution in [0.15, 0.2) is 39.8 Å². The van der Waals surface area contributed by atoms with E-state index >= 15 is 0 Å². The van der Waals surface area contributed by atoms with Crippen molar-refractivity contribution < 1.29 is 30.8 Å². The summed E-state index contributed by atoms with van der Waals surface area (Å²) in [7, 11) is -2.67. The van der Waals surface area contributed by atoms with E-state index in [9.17, 15) is 21.6 Å². The van der Waals surface area contributed by atoms with Crippen LogP contribution >= 0.6 is 11.3 Å². The van der Waals surface area contributed by atoms with Gasteiger partial charge < -0.3 is 9.26 Å². The van der Waals surface area contributed by atoms with Crippen LogP contribution in [-0.4, -0.2) is 20.7 Å². The van der Waals surface area contributed by atoms with Gasteiger partial charge in [-0.05, 0) is 26.0 Å². The van der Waals surface area contributed by atoms with Gasteiger partial charge in [0.25, 0.3) is 10.0 Å². The van der Waals surface area contributed by atoms with Crippen molar-refractivity contribution in [3.05, 3.63) is 45.8 Å². The van der Waals surface area contributed by atoms with Crippen molar-refractivity contribution in [1.29, 1.82) is 0 Å². The van der Waals surface area contributed by atoms with E-state index in [1.54, 1.807) is 26.0 Å². The first-order valence-electron chi connectivity index (χ1n) is 7.84. The highest BCUT2D eigenvalue weighted by molar-refractivity contribution is 7.93. The molecule has 2 aromatic heterocycles. The van der Waals surface area contributed by atoms with Crippen molar-refractivity contribution in [3.8, 4) is 17.0 Å². The summed E-state index contributed by atoms with van der Waals surface area (Å²) < 4.78 is 76.4. The molecule has 0 amide bonds. The van der Waals surface area contributed by atoms with E-state index in [0.717, 1.165) is 11.3 Å². The Kier molecular flexibility index (Phi) is 5.15. The molecule has 0 saturated heterocycles. The van der Waals surface area contributed by atoms with Gasteiger partial charge in [-0.25, -0.2) is 8.42 Å². The topological polar surface area (TPSA) is 81.4 Å². The second kappa shape index (κ2) is 7.13. The number of rotatable bonds is 5. The average molecular weight is 432 g/mol. The monoisotopic (exact) mass is 432 g/mol. The van der Waals surface area contributed by atoms with Gasteiger partial charge in [-0.2, -0.15) is 13.2 Å².